The normalized spacial score (nSPS) is 11.5. The summed E-state index contributed by atoms with van der Waals surface area (Å²) in [4.78, 5) is 22.5. The van der Waals surface area contributed by atoms with Gasteiger partial charge in [-0.15, -0.1) is 0 Å². The zero-order chi connectivity index (χ0) is 15.0. The van der Waals surface area contributed by atoms with Gasteiger partial charge in [0.2, 0.25) is 0 Å². The molecule has 0 radical (unpaired) electrons. The standard InChI is InChI=1S/C13H18N2O5/c1-2-20-10-5-3-4-9(8-10)14-13(19)15-11(6-7-16)12(17)18/h3-5,8,11,16H,2,6-7H2,1H3,(H,17,18)(H2,14,15,19). The largest absolute Gasteiger partial charge is 0.494 e. The number of anilines is 1. The summed E-state index contributed by atoms with van der Waals surface area (Å²) in [5.74, 6) is -0.590. The smallest absolute Gasteiger partial charge is 0.326 e. The minimum Gasteiger partial charge on any atom is -0.494 e. The number of ether oxygens (including phenoxy) is 1. The number of carboxylic acids is 1. The van der Waals surface area contributed by atoms with Crippen molar-refractivity contribution in [3.63, 3.8) is 0 Å². The summed E-state index contributed by atoms with van der Waals surface area (Å²) in [6.07, 6.45) is -0.0538. The lowest BCUT2D eigenvalue weighted by atomic mass is 10.2. The highest BCUT2D eigenvalue weighted by Gasteiger charge is 2.19. The molecule has 0 fully saturated rings. The Bertz CT molecular complexity index is 464. The van der Waals surface area contributed by atoms with Crippen LogP contribution < -0.4 is 15.4 Å². The molecule has 0 aliphatic rings. The summed E-state index contributed by atoms with van der Waals surface area (Å²) in [7, 11) is 0. The SMILES string of the molecule is CCOc1cccc(NC(=O)NC(CCO)C(=O)O)c1. The van der Waals surface area contributed by atoms with Crippen LogP contribution in [-0.2, 0) is 4.79 Å². The highest BCUT2D eigenvalue weighted by Crippen LogP contribution is 2.17. The second-order valence-corrected chi connectivity index (χ2v) is 3.96. The Morgan fingerprint density at radius 2 is 2.15 bits per heavy atom. The van der Waals surface area contributed by atoms with Crippen molar-refractivity contribution in [2.45, 2.75) is 19.4 Å². The number of urea groups is 1. The number of aliphatic hydroxyl groups excluding tert-OH is 1. The highest BCUT2D eigenvalue weighted by atomic mass is 16.5. The Morgan fingerprint density at radius 3 is 2.75 bits per heavy atom. The predicted octanol–water partition coefficient (Wildman–Crippen LogP) is 1.04. The molecular formula is C13H18N2O5. The lowest BCUT2D eigenvalue weighted by Crippen LogP contribution is -2.43. The van der Waals surface area contributed by atoms with Crippen LogP contribution in [0.25, 0.3) is 0 Å². The number of benzene rings is 1. The van der Waals surface area contributed by atoms with E-state index in [4.69, 9.17) is 14.9 Å². The summed E-state index contributed by atoms with van der Waals surface area (Å²) in [5, 5.41) is 22.4. The lowest BCUT2D eigenvalue weighted by Gasteiger charge is -2.14. The molecule has 20 heavy (non-hydrogen) atoms. The maximum Gasteiger partial charge on any atom is 0.326 e. The second kappa shape index (κ2) is 8.00. The number of carbonyl (C=O) groups excluding carboxylic acids is 1. The van der Waals surface area contributed by atoms with Crippen molar-refractivity contribution >= 4 is 17.7 Å². The van der Waals surface area contributed by atoms with Gasteiger partial charge in [0.25, 0.3) is 0 Å². The molecule has 7 heteroatoms. The highest BCUT2D eigenvalue weighted by molar-refractivity contribution is 5.92. The van der Waals surface area contributed by atoms with E-state index in [2.05, 4.69) is 10.6 Å². The molecule has 1 atom stereocenters. The average Bonchev–Trinajstić information content (AvgIpc) is 2.38. The molecule has 4 N–H and O–H groups in total. The van der Waals surface area contributed by atoms with Crippen molar-refractivity contribution in [2.75, 3.05) is 18.5 Å². The van der Waals surface area contributed by atoms with Crippen molar-refractivity contribution in [3.05, 3.63) is 24.3 Å². The Labute approximate surface area is 116 Å². The number of nitrogens with one attached hydrogen (secondary N) is 2. The molecule has 0 saturated heterocycles. The van der Waals surface area contributed by atoms with Gasteiger partial charge in [-0.2, -0.15) is 0 Å². The average molecular weight is 282 g/mol. The van der Waals surface area contributed by atoms with Gasteiger partial charge >= 0.3 is 12.0 Å². The summed E-state index contributed by atoms with van der Waals surface area (Å²) in [6.45, 7) is 2.03. The fourth-order valence-electron chi connectivity index (χ4n) is 1.54. The fourth-order valence-corrected chi connectivity index (χ4v) is 1.54. The molecule has 0 aliphatic heterocycles. The summed E-state index contributed by atoms with van der Waals surface area (Å²) in [5.41, 5.74) is 0.488. The quantitative estimate of drug-likeness (QED) is 0.597. The number of carbonyl (C=O) groups is 2. The molecule has 1 aromatic carbocycles. The van der Waals surface area contributed by atoms with Gasteiger partial charge in [0.1, 0.15) is 11.8 Å². The van der Waals surface area contributed by atoms with Crippen LogP contribution in [0, 0.1) is 0 Å². The van der Waals surface area contributed by atoms with Crippen LogP contribution in [0.5, 0.6) is 5.75 Å². The zero-order valence-corrected chi connectivity index (χ0v) is 11.1. The van der Waals surface area contributed by atoms with Crippen molar-refractivity contribution in [2.24, 2.45) is 0 Å². The molecule has 110 valence electrons. The zero-order valence-electron chi connectivity index (χ0n) is 11.1. The Kier molecular flexibility index (Phi) is 6.31. The van der Waals surface area contributed by atoms with Crippen LogP contribution in [-0.4, -0.2) is 41.5 Å². The number of rotatable bonds is 7. The molecule has 0 saturated carbocycles. The van der Waals surface area contributed by atoms with Gasteiger partial charge in [0, 0.05) is 24.8 Å². The van der Waals surface area contributed by atoms with Crippen LogP contribution in [0.15, 0.2) is 24.3 Å². The van der Waals surface area contributed by atoms with E-state index in [1.165, 1.54) is 0 Å². The van der Waals surface area contributed by atoms with Crippen LogP contribution >= 0.6 is 0 Å². The minimum atomic E-state index is -1.20. The minimum absolute atomic E-state index is 0.0538. The van der Waals surface area contributed by atoms with E-state index < -0.39 is 18.0 Å². The molecule has 7 nitrogen and oxygen atoms in total. The summed E-state index contributed by atoms with van der Waals surface area (Å²) < 4.78 is 5.29. The number of aliphatic hydroxyl groups is 1. The van der Waals surface area contributed by atoms with E-state index in [1.54, 1.807) is 24.3 Å². The van der Waals surface area contributed by atoms with E-state index in [-0.39, 0.29) is 13.0 Å². The Hall–Kier alpha value is -2.28. The van der Waals surface area contributed by atoms with E-state index in [1.807, 2.05) is 6.92 Å². The third-order valence-electron chi connectivity index (χ3n) is 2.42. The van der Waals surface area contributed by atoms with E-state index in [0.717, 1.165) is 0 Å². The molecule has 1 aromatic rings. The van der Waals surface area contributed by atoms with Gasteiger partial charge in [0.05, 0.1) is 6.61 Å². The number of aliphatic carboxylic acids is 1. The van der Waals surface area contributed by atoms with Gasteiger partial charge < -0.3 is 25.6 Å². The van der Waals surface area contributed by atoms with Gasteiger partial charge in [-0.3, -0.25) is 0 Å². The third-order valence-corrected chi connectivity index (χ3v) is 2.42. The van der Waals surface area contributed by atoms with Crippen LogP contribution in [0.4, 0.5) is 10.5 Å². The molecule has 0 heterocycles. The first kappa shape index (κ1) is 15.8. The monoisotopic (exact) mass is 282 g/mol. The summed E-state index contributed by atoms with van der Waals surface area (Å²) in [6, 6.07) is 4.96. The third kappa shape index (κ3) is 5.15. The van der Waals surface area contributed by atoms with E-state index in [0.29, 0.717) is 18.0 Å². The molecule has 2 amide bonds. The molecule has 0 bridgehead atoms. The van der Waals surface area contributed by atoms with E-state index >= 15 is 0 Å². The van der Waals surface area contributed by atoms with Crippen molar-refractivity contribution in [1.29, 1.82) is 0 Å². The van der Waals surface area contributed by atoms with E-state index in [9.17, 15) is 9.59 Å². The number of hydrogen-bond acceptors (Lipinski definition) is 4. The first-order chi connectivity index (χ1) is 9.56. The Morgan fingerprint density at radius 1 is 1.40 bits per heavy atom. The van der Waals surface area contributed by atoms with Crippen LogP contribution in [0.1, 0.15) is 13.3 Å². The van der Waals surface area contributed by atoms with Crippen molar-refractivity contribution in [3.8, 4) is 5.75 Å². The Balaban J connectivity index is 2.61. The molecular weight excluding hydrogens is 264 g/mol. The maximum absolute atomic E-state index is 11.7. The van der Waals surface area contributed by atoms with Gasteiger partial charge in [0.15, 0.2) is 0 Å². The topological polar surface area (TPSA) is 108 Å². The maximum atomic E-state index is 11.7. The molecule has 1 unspecified atom stereocenters. The number of hydrogen-bond donors (Lipinski definition) is 4. The van der Waals surface area contributed by atoms with Gasteiger partial charge in [-0.25, -0.2) is 9.59 Å². The summed E-state index contributed by atoms with van der Waals surface area (Å²) >= 11 is 0. The first-order valence-electron chi connectivity index (χ1n) is 6.20. The molecule has 1 rings (SSSR count). The molecule has 0 spiro atoms. The number of carboxylic acid groups (broad SMARTS) is 1. The fraction of sp³-hybridized carbons (Fsp3) is 0.385. The van der Waals surface area contributed by atoms with Gasteiger partial charge in [-0.1, -0.05) is 6.07 Å². The van der Waals surface area contributed by atoms with Crippen molar-refractivity contribution < 1.29 is 24.5 Å². The second-order valence-electron chi connectivity index (χ2n) is 3.96. The van der Waals surface area contributed by atoms with Crippen LogP contribution in [0.2, 0.25) is 0 Å². The predicted molar refractivity (Wildman–Crippen MR) is 72.9 cm³/mol. The lowest BCUT2D eigenvalue weighted by molar-refractivity contribution is -0.139. The molecule has 0 aliphatic carbocycles. The van der Waals surface area contributed by atoms with Gasteiger partial charge in [-0.05, 0) is 19.1 Å². The van der Waals surface area contributed by atoms with Crippen LogP contribution in [0.3, 0.4) is 0 Å². The first-order valence-corrected chi connectivity index (χ1v) is 6.20. The number of amides is 2. The molecule has 0 aromatic heterocycles. The van der Waals surface area contributed by atoms with Crippen molar-refractivity contribution in [1.82, 2.24) is 5.32 Å².